The van der Waals surface area contributed by atoms with Crippen LogP contribution in [0.2, 0.25) is 0 Å². The monoisotopic (exact) mass is 269 g/mol. The molecule has 0 saturated carbocycles. The number of aromatic nitrogens is 6. The van der Waals surface area contributed by atoms with Gasteiger partial charge in [-0.3, -0.25) is 4.68 Å². The number of benzene rings is 1. The third-order valence-electron chi connectivity index (χ3n) is 2.93. The van der Waals surface area contributed by atoms with Gasteiger partial charge < -0.3 is 5.32 Å². The number of para-hydroxylation sites is 1. The first-order valence-corrected chi connectivity index (χ1v) is 6.38. The van der Waals surface area contributed by atoms with E-state index < -0.39 is 0 Å². The van der Waals surface area contributed by atoms with Crippen molar-refractivity contribution in [3.63, 3.8) is 0 Å². The zero-order chi connectivity index (χ0) is 13.8. The highest BCUT2D eigenvalue weighted by atomic mass is 15.6. The smallest absolute Gasteiger partial charge is 0.247 e. The van der Waals surface area contributed by atoms with Crippen molar-refractivity contribution in [3.05, 3.63) is 48.3 Å². The van der Waals surface area contributed by atoms with Crippen molar-refractivity contribution in [1.82, 2.24) is 30.0 Å². The molecule has 2 heterocycles. The van der Waals surface area contributed by atoms with Crippen LogP contribution >= 0.6 is 0 Å². The number of rotatable bonds is 5. The van der Waals surface area contributed by atoms with Crippen LogP contribution in [0.15, 0.2) is 42.7 Å². The summed E-state index contributed by atoms with van der Waals surface area (Å²) < 4.78 is 3.48. The number of hydrogen-bond donors (Lipinski definition) is 1. The Morgan fingerprint density at radius 1 is 1.20 bits per heavy atom. The molecule has 0 bridgehead atoms. The molecule has 0 aliphatic heterocycles. The molecule has 3 rings (SSSR count). The number of nitrogens with zero attached hydrogens (tertiary/aromatic N) is 6. The Morgan fingerprint density at radius 2 is 2.05 bits per heavy atom. The molecule has 0 radical (unpaired) electrons. The van der Waals surface area contributed by atoms with Gasteiger partial charge >= 0.3 is 0 Å². The molecule has 2 aromatic heterocycles. The molecule has 0 amide bonds. The van der Waals surface area contributed by atoms with Crippen LogP contribution in [0.3, 0.4) is 0 Å². The summed E-state index contributed by atoms with van der Waals surface area (Å²) in [5, 5.41) is 19.1. The maximum absolute atomic E-state index is 4.14. The Bertz CT molecular complexity index is 671. The van der Waals surface area contributed by atoms with E-state index in [2.05, 4.69) is 25.9 Å². The zero-order valence-corrected chi connectivity index (χ0v) is 11.1. The highest BCUT2D eigenvalue weighted by Gasteiger charge is 2.07. The minimum atomic E-state index is 0.639. The quantitative estimate of drug-likeness (QED) is 0.749. The lowest BCUT2D eigenvalue weighted by atomic mass is 10.2. The summed E-state index contributed by atoms with van der Waals surface area (Å²) in [4.78, 5) is 0. The summed E-state index contributed by atoms with van der Waals surface area (Å²) in [5.41, 5.74) is 2.11. The van der Waals surface area contributed by atoms with Crippen LogP contribution in [-0.4, -0.2) is 36.5 Å². The lowest BCUT2D eigenvalue weighted by molar-refractivity contribution is 0.766. The lowest BCUT2D eigenvalue weighted by Crippen LogP contribution is -2.10. The highest BCUT2D eigenvalue weighted by Crippen LogP contribution is 2.10. The summed E-state index contributed by atoms with van der Waals surface area (Å²) in [7, 11) is 1.91. The molecule has 0 fully saturated rings. The predicted molar refractivity (Wildman–Crippen MR) is 74.6 cm³/mol. The molecule has 7 nitrogen and oxygen atoms in total. The third-order valence-corrected chi connectivity index (χ3v) is 2.93. The maximum Gasteiger partial charge on any atom is 0.247 e. The van der Waals surface area contributed by atoms with Crippen molar-refractivity contribution in [2.45, 2.75) is 6.42 Å². The number of nitrogens with one attached hydrogen (secondary N) is 1. The van der Waals surface area contributed by atoms with E-state index in [-0.39, 0.29) is 0 Å². The minimum absolute atomic E-state index is 0.639. The Morgan fingerprint density at radius 3 is 2.80 bits per heavy atom. The van der Waals surface area contributed by atoms with E-state index in [0.29, 0.717) is 5.95 Å². The second-order valence-corrected chi connectivity index (χ2v) is 4.45. The van der Waals surface area contributed by atoms with Crippen LogP contribution < -0.4 is 5.32 Å². The molecular formula is C13H15N7. The molecule has 0 saturated heterocycles. The molecule has 0 atom stereocenters. The van der Waals surface area contributed by atoms with Crippen molar-refractivity contribution in [2.75, 3.05) is 11.9 Å². The van der Waals surface area contributed by atoms with Crippen molar-refractivity contribution < 1.29 is 0 Å². The Kier molecular flexibility index (Phi) is 3.40. The van der Waals surface area contributed by atoms with E-state index in [1.807, 2.05) is 49.8 Å². The summed E-state index contributed by atoms with van der Waals surface area (Å²) in [6.07, 6.45) is 4.74. The van der Waals surface area contributed by atoms with Gasteiger partial charge in [-0.2, -0.15) is 9.78 Å². The summed E-state index contributed by atoms with van der Waals surface area (Å²) in [6, 6.07) is 9.79. The molecule has 102 valence electrons. The van der Waals surface area contributed by atoms with Crippen LogP contribution in [0.4, 0.5) is 5.95 Å². The zero-order valence-electron chi connectivity index (χ0n) is 11.1. The SMILES string of the molecule is Cn1cc(CCNc2nnnn2-c2ccccc2)cn1. The molecule has 0 aliphatic rings. The molecule has 20 heavy (non-hydrogen) atoms. The van der Waals surface area contributed by atoms with Gasteiger partial charge in [-0.05, 0) is 34.5 Å². The van der Waals surface area contributed by atoms with Gasteiger partial charge in [0.2, 0.25) is 5.95 Å². The fraction of sp³-hybridized carbons (Fsp3) is 0.231. The molecule has 0 aliphatic carbocycles. The molecule has 0 unspecified atom stereocenters. The van der Waals surface area contributed by atoms with E-state index in [4.69, 9.17) is 0 Å². The normalized spacial score (nSPS) is 10.7. The first-order valence-electron chi connectivity index (χ1n) is 6.38. The van der Waals surface area contributed by atoms with Crippen LogP contribution in [0, 0.1) is 0 Å². The fourth-order valence-electron chi connectivity index (χ4n) is 1.96. The first-order chi connectivity index (χ1) is 9.83. The van der Waals surface area contributed by atoms with Crippen LogP contribution in [0.5, 0.6) is 0 Å². The number of anilines is 1. The first kappa shape index (κ1) is 12.3. The Balaban J connectivity index is 1.65. The standard InChI is InChI=1S/C13H15N7/c1-19-10-11(9-15-19)7-8-14-13-16-17-18-20(13)12-5-3-2-4-6-12/h2-6,9-10H,7-8H2,1H3,(H,14,16,18). The van der Waals surface area contributed by atoms with Gasteiger partial charge in [-0.1, -0.05) is 23.3 Å². The lowest BCUT2D eigenvalue weighted by Gasteiger charge is -2.06. The number of tetrazole rings is 1. The molecule has 3 aromatic rings. The van der Waals surface area contributed by atoms with E-state index in [0.717, 1.165) is 18.7 Å². The van der Waals surface area contributed by atoms with E-state index in [9.17, 15) is 0 Å². The maximum atomic E-state index is 4.14. The van der Waals surface area contributed by atoms with Crippen LogP contribution in [-0.2, 0) is 13.5 Å². The van der Waals surface area contributed by atoms with Crippen LogP contribution in [0.1, 0.15) is 5.56 Å². The van der Waals surface area contributed by atoms with Gasteiger partial charge in [0.25, 0.3) is 0 Å². The molecule has 1 aromatic carbocycles. The fourth-order valence-corrected chi connectivity index (χ4v) is 1.96. The summed E-state index contributed by atoms with van der Waals surface area (Å²) in [5.74, 6) is 0.639. The molecule has 1 N–H and O–H groups in total. The van der Waals surface area contributed by atoms with Gasteiger partial charge in [0.05, 0.1) is 11.9 Å². The van der Waals surface area contributed by atoms with E-state index >= 15 is 0 Å². The number of aryl methyl sites for hydroxylation is 1. The van der Waals surface area contributed by atoms with E-state index in [1.54, 1.807) is 9.36 Å². The predicted octanol–water partition coefficient (Wildman–Crippen LogP) is 1.05. The van der Waals surface area contributed by atoms with Gasteiger partial charge in [0.15, 0.2) is 0 Å². The van der Waals surface area contributed by atoms with Gasteiger partial charge in [0.1, 0.15) is 0 Å². The largest absolute Gasteiger partial charge is 0.352 e. The highest BCUT2D eigenvalue weighted by molar-refractivity contribution is 5.38. The summed E-state index contributed by atoms with van der Waals surface area (Å²) >= 11 is 0. The molecule has 0 spiro atoms. The van der Waals surface area contributed by atoms with Crippen LogP contribution in [0.25, 0.3) is 5.69 Å². The van der Waals surface area contributed by atoms with Crippen molar-refractivity contribution in [3.8, 4) is 5.69 Å². The summed E-state index contributed by atoms with van der Waals surface area (Å²) in [6.45, 7) is 0.749. The average molecular weight is 269 g/mol. The minimum Gasteiger partial charge on any atom is -0.352 e. The second-order valence-electron chi connectivity index (χ2n) is 4.45. The van der Waals surface area contributed by atoms with E-state index in [1.165, 1.54) is 5.56 Å². The topological polar surface area (TPSA) is 73.5 Å². The van der Waals surface area contributed by atoms with Crippen molar-refractivity contribution in [2.24, 2.45) is 7.05 Å². The molecular weight excluding hydrogens is 254 g/mol. The second kappa shape index (κ2) is 5.52. The average Bonchev–Trinajstić information content (AvgIpc) is 3.09. The third kappa shape index (κ3) is 2.66. The Labute approximate surface area is 116 Å². The van der Waals surface area contributed by atoms with Gasteiger partial charge in [-0.15, -0.1) is 0 Å². The Hall–Kier alpha value is -2.70. The van der Waals surface area contributed by atoms with Gasteiger partial charge in [0, 0.05) is 19.8 Å². The number of hydrogen-bond acceptors (Lipinski definition) is 5. The van der Waals surface area contributed by atoms with Crippen molar-refractivity contribution >= 4 is 5.95 Å². The van der Waals surface area contributed by atoms with Gasteiger partial charge in [-0.25, -0.2) is 0 Å². The van der Waals surface area contributed by atoms with Crippen molar-refractivity contribution in [1.29, 1.82) is 0 Å². The molecule has 7 heteroatoms.